The highest BCUT2D eigenvalue weighted by atomic mass is 31.2. The average molecular weight is 648 g/mol. The first-order chi connectivity index (χ1) is 21.7. The van der Waals surface area contributed by atoms with E-state index in [1.165, 1.54) is 15.9 Å². The standard InChI is InChI=1S/C36H47N4O5P/c1-35(2,3)44-33(42)38-31(39-34(43)45-36(4,5)6)30(37-7)32(41)40(8)25-18-26-46(27-19-12-9-13-20-27,28-21-14-10-15-22-28)29-23-16-11-17-24-29/h9-17,19-24,30,37H,18,25-26H2,1-8H3/p+1. The fraction of sp³-hybridized carbons (Fsp3) is 0.389. The Balaban J connectivity index is 1.90. The molecule has 0 saturated carbocycles. The van der Waals surface area contributed by atoms with Crippen molar-refractivity contribution in [3.8, 4) is 0 Å². The molecule has 2 N–H and O–H groups in total. The van der Waals surface area contributed by atoms with E-state index >= 15 is 0 Å². The van der Waals surface area contributed by atoms with E-state index < -0.39 is 36.7 Å². The van der Waals surface area contributed by atoms with Gasteiger partial charge in [0.25, 0.3) is 0 Å². The minimum Gasteiger partial charge on any atom is -0.444 e. The molecule has 0 aliphatic heterocycles. The Labute approximate surface area is 274 Å². The van der Waals surface area contributed by atoms with Gasteiger partial charge in [-0.15, -0.1) is 0 Å². The molecule has 0 aliphatic rings. The monoisotopic (exact) mass is 647 g/mol. The molecular weight excluding hydrogens is 599 g/mol. The Bertz CT molecular complexity index is 1370. The summed E-state index contributed by atoms with van der Waals surface area (Å²) >= 11 is 0. The minimum atomic E-state index is -2.08. The van der Waals surface area contributed by atoms with Gasteiger partial charge in [-0.05, 0) is 91.4 Å². The maximum Gasteiger partial charge on any atom is 0.435 e. The maximum atomic E-state index is 13.9. The Hall–Kier alpha value is -4.07. The second kappa shape index (κ2) is 16.0. The highest BCUT2D eigenvalue weighted by molar-refractivity contribution is 7.95. The fourth-order valence-electron chi connectivity index (χ4n) is 5.09. The predicted molar refractivity (Wildman–Crippen MR) is 188 cm³/mol. The molecule has 0 fully saturated rings. The van der Waals surface area contributed by atoms with Gasteiger partial charge >= 0.3 is 12.2 Å². The number of nitrogens with zero attached hydrogens (tertiary/aromatic N) is 2. The number of carbonyl (C=O) groups excluding carboxylic acids is 3. The molecule has 46 heavy (non-hydrogen) atoms. The Morgan fingerprint density at radius 1 is 0.761 bits per heavy atom. The lowest BCUT2D eigenvalue weighted by Crippen LogP contribution is -2.55. The number of ether oxygens (including phenoxy) is 2. The van der Waals surface area contributed by atoms with Crippen LogP contribution >= 0.6 is 7.26 Å². The Morgan fingerprint density at radius 2 is 1.20 bits per heavy atom. The zero-order valence-electron chi connectivity index (χ0n) is 28.2. The first-order valence-corrected chi connectivity index (χ1v) is 17.4. The summed E-state index contributed by atoms with van der Waals surface area (Å²) in [6, 6.07) is 30.6. The van der Waals surface area contributed by atoms with E-state index in [0.717, 1.165) is 6.16 Å². The third-order valence-electron chi connectivity index (χ3n) is 7.00. The SMILES string of the molecule is CNC(C(=O)N(C)CCC[P+](c1ccccc1)(c1ccccc1)c1ccccc1)C(=NC(=O)OC(C)(C)C)NC(=O)OC(C)(C)C. The first-order valence-electron chi connectivity index (χ1n) is 15.4. The lowest BCUT2D eigenvalue weighted by atomic mass is 10.2. The van der Waals surface area contributed by atoms with Crippen LogP contribution in [0.4, 0.5) is 9.59 Å². The van der Waals surface area contributed by atoms with Crippen LogP contribution in [-0.2, 0) is 14.3 Å². The molecule has 1 atom stereocenters. The summed E-state index contributed by atoms with van der Waals surface area (Å²) < 4.78 is 10.7. The van der Waals surface area contributed by atoms with Gasteiger partial charge in [0.2, 0.25) is 5.91 Å². The van der Waals surface area contributed by atoms with E-state index in [-0.39, 0.29) is 11.7 Å². The van der Waals surface area contributed by atoms with Crippen LogP contribution in [0.2, 0.25) is 0 Å². The topological polar surface area (TPSA) is 109 Å². The summed E-state index contributed by atoms with van der Waals surface area (Å²) in [4.78, 5) is 44.8. The van der Waals surface area contributed by atoms with Crippen LogP contribution in [0.1, 0.15) is 48.0 Å². The van der Waals surface area contributed by atoms with E-state index in [0.29, 0.717) is 13.0 Å². The van der Waals surface area contributed by atoms with Crippen molar-refractivity contribution in [2.75, 3.05) is 26.8 Å². The van der Waals surface area contributed by atoms with Crippen LogP contribution in [0.15, 0.2) is 96.0 Å². The number of amides is 3. The van der Waals surface area contributed by atoms with Gasteiger partial charge in [0.05, 0.1) is 6.16 Å². The van der Waals surface area contributed by atoms with Crippen molar-refractivity contribution < 1.29 is 23.9 Å². The molecule has 3 aromatic rings. The van der Waals surface area contributed by atoms with E-state index in [9.17, 15) is 14.4 Å². The average Bonchev–Trinajstić information content (AvgIpc) is 2.99. The molecule has 3 aromatic carbocycles. The summed E-state index contributed by atoms with van der Waals surface area (Å²) in [6.07, 6.45) is -0.253. The zero-order chi connectivity index (χ0) is 34.0. The third-order valence-corrected chi connectivity index (χ3v) is 11.5. The summed E-state index contributed by atoms with van der Waals surface area (Å²) in [5.74, 6) is -0.577. The lowest BCUT2D eigenvalue weighted by molar-refractivity contribution is -0.130. The normalized spacial score (nSPS) is 13.0. The van der Waals surface area contributed by atoms with Crippen molar-refractivity contribution in [3.63, 3.8) is 0 Å². The van der Waals surface area contributed by atoms with Crippen molar-refractivity contribution in [1.82, 2.24) is 15.5 Å². The number of amidine groups is 1. The molecular formula is C36H48N4O5P+. The number of alkyl carbamates (subject to hydrolysis) is 1. The van der Waals surface area contributed by atoms with Gasteiger partial charge in [0.1, 0.15) is 46.3 Å². The number of nitrogens with one attached hydrogen (secondary N) is 2. The van der Waals surface area contributed by atoms with Crippen molar-refractivity contribution in [3.05, 3.63) is 91.0 Å². The number of benzene rings is 3. The zero-order valence-corrected chi connectivity index (χ0v) is 29.1. The van der Waals surface area contributed by atoms with Gasteiger partial charge in [-0.25, -0.2) is 9.59 Å². The third kappa shape index (κ3) is 10.2. The van der Waals surface area contributed by atoms with Gasteiger partial charge in [0.15, 0.2) is 0 Å². The van der Waals surface area contributed by atoms with E-state index in [4.69, 9.17) is 9.47 Å². The van der Waals surface area contributed by atoms with E-state index in [2.05, 4.69) is 88.4 Å². The number of aliphatic imine (C=N–C) groups is 1. The molecule has 9 nitrogen and oxygen atoms in total. The summed E-state index contributed by atoms with van der Waals surface area (Å²) in [5.41, 5.74) is -1.62. The number of rotatable bonds is 10. The van der Waals surface area contributed by atoms with Crippen molar-refractivity contribution >= 4 is 47.1 Å². The molecule has 0 aromatic heterocycles. The van der Waals surface area contributed by atoms with Gasteiger partial charge < -0.3 is 19.7 Å². The van der Waals surface area contributed by atoms with Gasteiger partial charge in [0, 0.05) is 13.6 Å². The molecule has 0 saturated heterocycles. The first kappa shape index (κ1) is 36.4. The number of hydrogen-bond donors (Lipinski definition) is 2. The molecule has 0 radical (unpaired) electrons. The van der Waals surface area contributed by atoms with Crippen molar-refractivity contribution in [1.29, 1.82) is 0 Å². The van der Waals surface area contributed by atoms with Crippen LogP contribution in [0, 0.1) is 0 Å². The van der Waals surface area contributed by atoms with Crippen LogP contribution < -0.4 is 26.5 Å². The van der Waals surface area contributed by atoms with E-state index in [1.54, 1.807) is 60.5 Å². The summed E-state index contributed by atoms with van der Waals surface area (Å²) in [5, 5.41) is 9.22. The largest absolute Gasteiger partial charge is 0.444 e. The second-order valence-corrected chi connectivity index (χ2v) is 16.6. The molecule has 0 aliphatic carbocycles. The maximum absolute atomic E-state index is 13.9. The second-order valence-electron chi connectivity index (χ2n) is 13.0. The molecule has 246 valence electrons. The number of carbonyl (C=O) groups is 3. The van der Waals surface area contributed by atoms with Crippen LogP contribution in [-0.4, -0.2) is 72.9 Å². The molecule has 0 bridgehead atoms. The van der Waals surface area contributed by atoms with E-state index in [1.807, 2.05) is 18.2 Å². The molecule has 1 unspecified atom stereocenters. The fourth-order valence-corrected chi connectivity index (χ4v) is 9.42. The van der Waals surface area contributed by atoms with Crippen LogP contribution in [0.5, 0.6) is 0 Å². The van der Waals surface area contributed by atoms with Gasteiger partial charge in [-0.1, -0.05) is 54.6 Å². The van der Waals surface area contributed by atoms with Crippen LogP contribution in [0.25, 0.3) is 0 Å². The molecule has 10 heteroatoms. The van der Waals surface area contributed by atoms with Crippen molar-refractivity contribution in [2.45, 2.75) is 65.2 Å². The number of likely N-dealkylation sites (N-methyl/N-ethyl adjacent to an activating group) is 2. The highest BCUT2D eigenvalue weighted by Gasteiger charge is 2.44. The lowest BCUT2D eigenvalue weighted by Gasteiger charge is -2.29. The molecule has 0 heterocycles. The summed E-state index contributed by atoms with van der Waals surface area (Å²) in [6.45, 7) is 10.7. The summed E-state index contributed by atoms with van der Waals surface area (Å²) in [7, 11) is 1.19. The molecule has 3 amide bonds. The molecule has 0 spiro atoms. The quantitative estimate of drug-likeness (QED) is 0.176. The smallest absolute Gasteiger partial charge is 0.435 e. The number of hydrogen-bond acceptors (Lipinski definition) is 6. The highest BCUT2D eigenvalue weighted by Crippen LogP contribution is 2.55. The Kier molecular flexibility index (Phi) is 12.6. The minimum absolute atomic E-state index is 0.206. The predicted octanol–water partition coefficient (Wildman–Crippen LogP) is 5.28. The van der Waals surface area contributed by atoms with Crippen LogP contribution in [0.3, 0.4) is 0 Å². The molecule has 3 rings (SSSR count). The van der Waals surface area contributed by atoms with Crippen molar-refractivity contribution in [2.24, 2.45) is 4.99 Å². The van der Waals surface area contributed by atoms with Gasteiger partial charge in [-0.2, -0.15) is 4.99 Å². The Morgan fingerprint density at radius 3 is 1.59 bits per heavy atom. The van der Waals surface area contributed by atoms with Gasteiger partial charge in [-0.3, -0.25) is 10.1 Å².